The molecule has 24 heavy (non-hydrogen) atoms. The van der Waals surface area contributed by atoms with Gasteiger partial charge in [-0.05, 0) is 38.4 Å². The molecule has 1 fully saturated rings. The summed E-state index contributed by atoms with van der Waals surface area (Å²) >= 11 is 0. The van der Waals surface area contributed by atoms with Gasteiger partial charge >= 0.3 is 12.1 Å². The number of halogens is 3. The molecule has 1 aromatic rings. The van der Waals surface area contributed by atoms with Crippen molar-refractivity contribution in [2.24, 2.45) is 0 Å². The van der Waals surface area contributed by atoms with Crippen LogP contribution in [0.2, 0.25) is 0 Å². The summed E-state index contributed by atoms with van der Waals surface area (Å²) in [5.74, 6) is -2.76. The average Bonchev–Trinajstić information content (AvgIpc) is 2.48. The highest BCUT2D eigenvalue weighted by Gasteiger charge is 2.38. The maximum Gasteiger partial charge on any atom is 0.490 e. The van der Waals surface area contributed by atoms with Crippen LogP contribution in [0.3, 0.4) is 0 Å². The lowest BCUT2D eigenvalue weighted by atomic mass is 10.1. The maximum atomic E-state index is 12.1. The Morgan fingerprint density at radius 3 is 2.25 bits per heavy atom. The van der Waals surface area contributed by atoms with E-state index < -0.39 is 22.2 Å². The van der Waals surface area contributed by atoms with Crippen LogP contribution in [-0.4, -0.2) is 44.8 Å². The van der Waals surface area contributed by atoms with Gasteiger partial charge in [0.15, 0.2) is 0 Å². The lowest BCUT2D eigenvalue weighted by Crippen LogP contribution is -2.45. The molecule has 0 aromatic heterocycles. The maximum absolute atomic E-state index is 12.1. The Balaban J connectivity index is 0.000000351. The molecule has 0 saturated carbocycles. The number of carbonyl (C=O) groups is 1. The van der Waals surface area contributed by atoms with Crippen LogP contribution in [0, 0.1) is 6.92 Å². The second-order valence-corrected chi connectivity index (χ2v) is 6.99. The molecule has 1 heterocycles. The van der Waals surface area contributed by atoms with Crippen molar-refractivity contribution in [1.82, 2.24) is 10.0 Å². The van der Waals surface area contributed by atoms with E-state index >= 15 is 0 Å². The number of sulfonamides is 1. The normalized spacial score (nSPS) is 18.4. The number of alkyl halides is 3. The molecule has 1 saturated heterocycles. The zero-order valence-electron chi connectivity index (χ0n) is 12.9. The van der Waals surface area contributed by atoms with Crippen molar-refractivity contribution in [2.45, 2.75) is 36.9 Å². The molecule has 6 nitrogen and oxygen atoms in total. The molecule has 136 valence electrons. The summed E-state index contributed by atoms with van der Waals surface area (Å²) in [5.41, 5.74) is 1.06. The van der Waals surface area contributed by atoms with Crippen LogP contribution >= 0.6 is 0 Å². The minimum absolute atomic E-state index is 0.00931. The summed E-state index contributed by atoms with van der Waals surface area (Å²) in [4.78, 5) is 9.24. The van der Waals surface area contributed by atoms with Crippen LogP contribution in [0.25, 0.3) is 0 Å². The van der Waals surface area contributed by atoms with E-state index in [0.717, 1.165) is 24.9 Å². The van der Waals surface area contributed by atoms with E-state index in [1.807, 2.05) is 19.1 Å². The molecule has 2 rings (SSSR count). The van der Waals surface area contributed by atoms with Gasteiger partial charge in [0.05, 0.1) is 4.90 Å². The van der Waals surface area contributed by atoms with Crippen molar-refractivity contribution in [2.75, 3.05) is 13.1 Å². The van der Waals surface area contributed by atoms with Crippen LogP contribution in [0.15, 0.2) is 29.2 Å². The van der Waals surface area contributed by atoms with Crippen molar-refractivity contribution >= 4 is 16.0 Å². The summed E-state index contributed by atoms with van der Waals surface area (Å²) in [6, 6.07) is 6.93. The van der Waals surface area contributed by atoms with Gasteiger partial charge in [0.1, 0.15) is 0 Å². The Bertz CT molecular complexity index is 639. The van der Waals surface area contributed by atoms with Gasteiger partial charge in [-0.15, -0.1) is 0 Å². The lowest BCUT2D eigenvalue weighted by molar-refractivity contribution is -0.192. The smallest absolute Gasteiger partial charge is 0.475 e. The minimum atomic E-state index is -5.08. The number of piperidine rings is 1. The van der Waals surface area contributed by atoms with Crippen LogP contribution in [0.1, 0.15) is 18.4 Å². The molecule has 3 N–H and O–H groups in total. The van der Waals surface area contributed by atoms with Gasteiger partial charge in [-0.25, -0.2) is 17.9 Å². The average molecular weight is 368 g/mol. The van der Waals surface area contributed by atoms with E-state index in [9.17, 15) is 21.6 Å². The molecule has 1 aromatic carbocycles. The molecule has 0 radical (unpaired) electrons. The van der Waals surface area contributed by atoms with Gasteiger partial charge in [-0.2, -0.15) is 13.2 Å². The quantitative estimate of drug-likeness (QED) is 0.754. The molecule has 1 atom stereocenters. The number of aliphatic carboxylic acids is 1. The van der Waals surface area contributed by atoms with Crippen molar-refractivity contribution < 1.29 is 31.5 Å². The first-order valence-electron chi connectivity index (χ1n) is 7.12. The van der Waals surface area contributed by atoms with Crippen molar-refractivity contribution in [3.8, 4) is 0 Å². The molecule has 1 aliphatic rings. The Morgan fingerprint density at radius 2 is 1.83 bits per heavy atom. The van der Waals surface area contributed by atoms with Gasteiger partial charge in [-0.3, -0.25) is 0 Å². The van der Waals surface area contributed by atoms with E-state index in [4.69, 9.17) is 9.90 Å². The van der Waals surface area contributed by atoms with Crippen molar-refractivity contribution in [3.63, 3.8) is 0 Å². The van der Waals surface area contributed by atoms with Gasteiger partial charge in [0.25, 0.3) is 0 Å². The highest BCUT2D eigenvalue weighted by Crippen LogP contribution is 2.13. The zero-order chi connectivity index (χ0) is 18.4. The van der Waals surface area contributed by atoms with E-state index in [-0.39, 0.29) is 6.04 Å². The molecule has 1 unspecified atom stereocenters. The predicted octanol–water partition coefficient (Wildman–Crippen LogP) is 1.66. The largest absolute Gasteiger partial charge is 0.490 e. The fourth-order valence-electron chi connectivity index (χ4n) is 1.96. The molecular weight excluding hydrogens is 349 g/mol. The monoisotopic (exact) mass is 368 g/mol. The number of hydrogen-bond acceptors (Lipinski definition) is 4. The molecule has 0 bridgehead atoms. The SMILES string of the molecule is Cc1ccc(S(=O)(=O)NC2CCCNC2)cc1.O=C(O)C(F)(F)F. The third-order valence-electron chi connectivity index (χ3n) is 3.19. The first-order valence-corrected chi connectivity index (χ1v) is 8.60. The number of rotatable bonds is 3. The molecule has 0 aliphatic carbocycles. The van der Waals surface area contributed by atoms with Gasteiger partial charge in [0.2, 0.25) is 10.0 Å². The lowest BCUT2D eigenvalue weighted by Gasteiger charge is -2.23. The van der Waals surface area contributed by atoms with E-state index in [1.165, 1.54) is 0 Å². The van der Waals surface area contributed by atoms with Gasteiger partial charge in [-0.1, -0.05) is 17.7 Å². The summed E-state index contributed by atoms with van der Waals surface area (Å²) < 4.78 is 58.6. The zero-order valence-corrected chi connectivity index (χ0v) is 13.7. The Morgan fingerprint density at radius 1 is 1.29 bits per heavy atom. The van der Waals surface area contributed by atoms with Crippen LogP contribution in [0.5, 0.6) is 0 Å². The first-order chi connectivity index (χ1) is 11.0. The highest BCUT2D eigenvalue weighted by molar-refractivity contribution is 7.89. The number of benzene rings is 1. The second kappa shape index (κ2) is 8.45. The summed E-state index contributed by atoms with van der Waals surface area (Å²) in [6.07, 6.45) is -3.17. The van der Waals surface area contributed by atoms with Gasteiger partial charge in [0, 0.05) is 12.6 Å². The van der Waals surface area contributed by atoms with E-state index in [0.29, 0.717) is 11.4 Å². The van der Waals surface area contributed by atoms with Crippen molar-refractivity contribution in [1.29, 1.82) is 0 Å². The fourth-order valence-corrected chi connectivity index (χ4v) is 3.23. The minimum Gasteiger partial charge on any atom is -0.475 e. The van der Waals surface area contributed by atoms with Crippen LogP contribution < -0.4 is 10.0 Å². The number of hydrogen-bond donors (Lipinski definition) is 3. The Labute approximate surface area is 138 Å². The standard InChI is InChI=1S/C12H18N2O2S.C2HF3O2/c1-10-4-6-12(7-5-10)17(15,16)14-11-3-2-8-13-9-11;3-2(4,5)1(6)7/h4-7,11,13-14H,2-3,8-9H2,1H3;(H,6,7). The Kier molecular flexibility index (Phi) is 7.18. The molecular formula is C14H19F3N2O4S. The number of carboxylic acid groups (broad SMARTS) is 1. The Hall–Kier alpha value is -1.65. The molecule has 10 heteroatoms. The number of aryl methyl sites for hydroxylation is 1. The first kappa shape index (κ1) is 20.4. The van der Waals surface area contributed by atoms with Gasteiger partial charge < -0.3 is 10.4 Å². The summed E-state index contributed by atoms with van der Waals surface area (Å²) in [7, 11) is -3.37. The number of nitrogens with one attached hydrogen (secondary N) is 2. The second-order valence-electron chi connectivity index (χ2n) is 5.28. The molecule has 0 amide bonds. The highest BCUT2D eigenvalue weighted by atomic mass is 32.2. The van der Waals surface area contributed by atoms with Crippen molar-refractivity contribution in [3.05, 3.63) is 29.8 Å². The third kappa shape index (κ3) is 6.85. The predicted molar refractivity (Wildman–Crippen MR) is 81.1 cm³/mol. The van der Waals surface area contributed by atoms with E-state index in [1.54, 1.807) is 12.1 Å². The van der Waals surface area contributed by atoms with E-state index in [2.05, 4.69) is 10.0 Å². The number of carboxylic acids is 1. The summed E-state index contributed by atoms with van der Waals surface area (Å²) in [6.45, 7) is 3.63. The fraction of sp³-hybridized carbons (Fsp3) is 0.500. The summed E-state index contributed by atoms with van der Waals surface area (Å²) in [5, 5.41) is 10.3. The third-order valence-corrected chi connectivity index (χ3v) is 4.73. The van der Waals surface area contributed by atoms with Crippen LogP contribution in [0.4, 0.5) is 13.2 Å². The topological polar surface area (TPSA) is 95.5 Å². The van der Waals surface area contributed by atoms with Crippen LogP contribution in [-0.2, 0) is 14.8 Å². The molecule has 1 aliphatic heterocycles. The molecule has 0 spiro atoms.